The van der Waals surface area contributed by atoms with Crippen LogP contribution in [0.2, 0.25) is 0 Å². The van der Waals surface area contributed by atoms with Gasteiger partial charge >= 0.3 is 0 Å². The van der Waals surface area contributed by atoms with Crippen molar-refractivity contribution < 1.29 is 9.59 Å². The maximum absolute atomic E-state index is 12.7. The largest absolute Gasteiger partial charge is 0.348 e. The van der Waals surface area contributed by atoms with Crippen LogP contribution >= 0.6 is 0 Å². The van der Waals surface area contributed by atoms with Gasteiger partial charge in [0.2, 0.25) is 0 Å². The van der Waals surface area contributed by atoms with Gasteiger partial charge in [-0.25, -0.2) is 0 Å². The number of amides is 2. The van der Waals surface area contributed by atoms with Crippen molar-refractivity contribution in [1.29, 1.82) is 0 Å². The first kappa shape index (κ1) is 18.4. The van der Waals surface area contributed by atoms with Crippen LogP contribution in [0.3, 0.4) is 0 Å². The molecule has 4 nitrogen and oxygen atoms in total. The van der Waals surface area contributed by atoms with Crippen LogP contribution in [0.5, 0.6) is 0 Å². The number of benzene rings is 3. The average Bonchev–Trinajstić information content (AvgIpc) is 2.71. The molecule has 3 rings (SSSR count). The van der Waals surface area contributed by atoms with Gasteiger partial charge in [0.05, 0.1) is 0 Å². The molecule has 0 spiro atoms. The number of nitrogens with one attached hydrogen (secondary N) is 1. The zero-order valence-electron chi connectivity index (χ0n) is 15.5. The molecule has 3 aromatic rings. The van der Waals surface area contributed by atoms with Crippen LogP contribution in [0.15, 0.2) is 78.9 Å². The number of rotatable bonds is 5. The summed E-state index contributed by atoms with van der Waals surface area (Å²) in [5.41, 5.74) is 3.94. The predicted molar refractivity (Wildman–Crippen MR) is 108 cm³/mol. The van der Waals surface area contributed by atoms with Gasteiger partial charge in [0.15, 0.2) is 0 Å². The maximum atomic E-state index is 12.7. The second-order valence-corrected chi connectivity index (χ2v) is 6.45. The fraction of sp³-hybridized carbons (Fsp3) is 0.130. The van der Waals surface area contributed by atoms with Crippen molar-refractivity contribution in [2.75, 3.05) is 11.9 Å². The first-order chi connectivity index (χ1) is 13.0. The Kier molecular flexibility index (Phi) is 5.67. The molecule has 0 fully saturated rings. The standard InChI is InChI=1S/C23H22N2O2/c1-17-8-6-9-18(14-17)16-24-22(26)19-10-7-11-20(15-19)23(27)25(2)21-12-4-3-5-13-21/h3-15H,16H2,1-2H3,(H,24,26). The smallest absolute Gasteiger partial charge is 0.258 e. The molecule has 0 aliphatic carbocycles. The maximum Gasteiger partial charge on any atom is 0.258 e. The lowest BCUT2D eigenvalue weighted by molar-refractivity contribution is 0.0951. The molecular weight excluding hydrogens is 336 g/mol. The van der Waals surface area contributed by atoms with Crippen molar-refractivity contribution in [1.82, 2.24) is 5.32 Å². The Hall–Kier alpha value is -3.40. The third-order valence-corrected chi connectivity index (χ3v) is 4.36. The molecule has 4 heteroatoms. The van der Waals surface area contributed by atoms with Crippen molar-refractivity contribution in [2.24, 2.45) is 0 Å². The van der Waals surface area contributed by atoms with Gasteiger partial charge < -0.3 is 10.2 Å². The van der Waals surface area contributed by atoms with Crippen LogP contribution in [-0.2, 0) is 6.54 Å². The summed E-state index contributed by atoms with van der Waals surface area (Å²) < 4.78 is 0. The zero-order valence-corrected chi connectivity index (χ0v) is 15.5. The van der Waals surface area contributed by atoms with Crippen LogP contribution in [0.4, 0.5) is 5.69 Å². The lowest BCUT2D eigenvalue weighted by atomic mass is 10.1. The van der Waals surface area contributed by atoms with E-state index in [4.69, 9.17) is 0 Å². The molecule has 0 radical (unpaired) electrons. The molecule has 0 unspecified atom stereocenters. The monoisotopic (exact) mass is 358 g/mol. The summed E-state index contributed by atoms with van der Waals surface area (Å²) in [5, 5.41) is 2.91. The Labute approximate surface area is 159 Å². The molecule has 0 saturated carbocycles. The number of hydrogen-bond donors (Lipinski definition) is 1. The Bertz CT molecular complexity index is 951. The summed E-state index contributed by atoms with van der Waals surface area (Å²) in [6.07, 6.45) is 0. The van der Waals surface area contributed by atoms with E-state index in [0.29, 0.717) is 17.7 Å². The molecule has 0 aliphatic rings. The highest BCUT2D eigenvalue weighted by Gasteiger charge is 2.15. The zero-order chi connectivity index (χ0) is 19.2. The van der Waals surface area contributed by atoms with Gasteiger partial charge in [-0.2, -0.15) is 0 Å². The molecule has 0 aromatic heterocycles. The third-order valence-electron chi connectivity index (χ3n) is 4.36. The van der Waals surface area contributed by atoms with E-state index in [-0.39, 0.29) is 11.8 Å². The summed E-state index contributed by atoms with van der Waals surface area (Å²) in [5.74, 6) is -0.358. The minimum absolute atomic E-state index is 0.158. The number of carbonyl (C=O) groups is 2. The lowest BCUT2D eigenvalue weighted by Crippen LogP contribution is -2.27. The Morgan fingerprint density at radius 3 is 2.30 bits per heavy atom. The normalized spacial score (nSPS) is 10.3. The van der Waals surface area contributed by atoms with Crippen LogP contribution in [0.1, 0.15) is 31.8 Å². The van der Waals surface area contributed by atoms with Crippen molar-refractivity contribution in [3.05, 3.63) is 101 Å². The summed E-state index contributed by atoms with van der Waals surface area (Å²) in [7, 11) is 1.72. The molecule has 27 heavy (non-hydrogen) atoms. The van der Waals surface area contributed by atoms with Crippen molar-refractivity contribution in [2.45, 2.75) is 13.5 Å². The Morgan fingerprint density at radius 2 is 1.56 bits per heavy atom. The third kappa shape index (κ3) is 4.61. The molecule has 0 aliphatic heterocycles. The van der Waals surface area contributed by atoms with Gasteiger partial charge in [0.25, 0.3) is 11.8 Å². The minimum Gasteiger partial charge on any atom is -0.348 e. The van der Waals surface area contributed by atoms with E-state index in [1.807, 2.05) is 61.5 Å². The predicted octanol–water partition coefficient (Wildman–Crippen LogP) is 4.20. The average molecular weight is 358 g/mol. The Balaban J connectivity index is 1.71. The highest BCUT2D eigenvalue weighted by Crippen LogP contribution is 2.16. The summed E-state index contributed by atoms with van der Waals surface area (Å²) in [6.45, 7) is 2.46. The van der Waals surface area contributed by atoms with Crippen molar-refractivity contribution >= 4 is 17.5 Å². The van der Waals surface area contributed by atoms with E-state index < -0.39 is 0 Å². The van der Waals surface area contributed by atoms with Gasteiger partial charge in [-0.05, 0) is 42.8 Å². The van der Waals surface area contributed by atoms with Gasteiger partial charge in [-0.15, -0.1) is 0 Å². The number of carbonyl (C=O) groups excluding carboxylic acids is 2. The van der Waals surface area contributed by atoms with E-state index in [1.165, 1.54) is 0 Å². The van der Waals surface area contributed by atoms with Crippen molar-refractivity contribution in [3.63, 3.8) is 0 Å². The lowest BCUT2D eigenvalue weighted by Gasteiger charge is -2.17. The van der Waals surface area contributed by atoms with E-state index >= 15 is 0 Å². The molecule has 136 valence electrons. The van der Waals surface area contributed by atoms with E-state index in [0.717, 1.165) is 16.8 Å². The van der Waals surface area contributed by atoms with Gasteiger partial charge in [0, 0.05) is 30.4 Å². The summed E-state index contributed by atoms with van der Waals surface area (Å²) in [6, 6.07) is 24.2. The molecule has 0 heterocycles. The van der Waals surface area contributed by atoms with Crippen LogP contribution < -0.4 is 10.2 Å². The van der Waals surface area contributed by atoms with Crippen LogP contribution in [-0.4, -0.2) is 18.9 Å². The molecule has 1 N–H and O–H groups in total. The fourth-order valence-corrected chi connectivity index (χ4v) is 2.86. The van der Waals surface area contributed by atoms with Crippen molar-refractivity contribution in [3.8, 4) is 0 Å². The number of nitrogens with zero attached hydrogens (tertiary/aromatic N) is 1. The molecule has 0 atom stereocenters. The highest BCUT2D eigenvalue weighted by atomic mass is 16.2. The molecule has 3 aromatic carbocycles. The fourth-order valence-electron chi connectivity index (χ4n) is 2.86. The number of aryl methyl sites for hydroxylation is 1. The SMILES string of the molecule is Cc1cccc(CNC(=O)c2cccc(C(=O)N(C)c3ccccc3)c2)c1. The first-order valence-corrected chi connectivity index (χ1v) is 8.81. The van der Waals surface area contributed by atoms with Gasteiger partial charge in [-0.1, -0.05) is 54.1 Å². The van der Waals surface area contributed by atoms with Gasteiger partial charge in [-0.3, -0.25) is 9.59 Å². The van der Waals surface area contributed by atoms with E-state index in [1.54, 1.807) is 36.2 Å². The van der Waals surface area contributed by atoms with E-state index in [2.05, 4.69) is 5.32 Å². The summed E-state index contributed by atoms with van der Waals surface area (Å²) >= 11 is 0. The van der Waals surface area contributed by atoms with Crippen LogP contribution in [0, 0.1) is 6.92 Å². The van der Waals surface area contributed by atoms with Gasteiger partial charge in [0.1, 0.15) is 0 Å². The van der Waals surface area contributed by atoms with E-state index in [9.17, 15) is 9.59 Å². The molecule has 0 saturated heterocycles. The minimum atomic E-state index is -0.200. The molecule has 0 bridgehead atoms. The topological polar surface area (TPSA) is 49.4 Å². The number of para-hydroxylation sites is 1. The highest BCUT2D eigenvalue weighted by molar-refractivity contribution is 6.07. The number of anilines is 1. The number of hydrogen-bond acceptors (Lipinski definition) is 2. The second kappa shape index (κ2) is 8.32. The molecular formula is C23H22N2O2. The van der Waals surface area contributed by atoms with Crippen LogP contribution in [0.25, 0.3) is 0 Å². The second-order valence-electron chi connectivity index (χ2n) is 6.45. The quantitative estimate of drug-likeness (QED) is 0.743. The Morgan fingerprint density at radius 1 is 0.852 bits per heavy atom. The first-order valence-electron chi connectivity index (χ1n) is 8.81. The molecule has 2 amide bonds. The summed E-state index contributed by atoms with van der Waals surface area (Å²) in [4.78, 5) is 26.8.